The molecule has 1 unspecified atom stereocenters. The van der Waals surface area contributed by atoms with Crippen molar-refractivity contribution in [2.24, 2.45) is 4.99 Å². The van der Waals surface area contributed by atoms with Crippen LogP contribution in [0.1, 0.15) is 40.0 Å². The van der Waals surface area contributed by atoms with Crippen molar-refractivity contribution in [3.63, 3.8) is 0 Å². The van der Waals surface area contributed by atoms with Gasteiger partial charge >= 0.3 is 0 Å². The predicted molar refractivity (Wildman–Crippen MR) is 56.1 cm³/mol. The Morgan fingerprint density at radius 3 is 2.92 bits per heavy atom. The maximum Gasteiger partial charge on any atom is 0.184 e. The van der Waals surface area contributed by atoms with E-state index in [1.807, 2.05) is 6.08 Å². The average Bonchev–Trinajstić information content (AvgIpc) is 1.97. The van der Waals surface area contributed by atoms with Crippen molar-refractivity contribution in [1.82, 2.24) is 0 Å². The van der Waals surface area contributed by atoms with Crippen molar-refractivity contribution < 1.29 is 4.74 Å². The highest BCUT2D eigenvalue weighted by molar-refractivity contribution is 5.77. The van der Waals surface area contributed by atoms with Gasteiger partial charge in [-0.05, 0) is 27.2 Å². The van der Waals surface area contributed by atoms with Crippen molar-refractivity contribution in [2.75, 3.05) is 0 Å². The summed E-state index contributed by atoms with van der Waals surface area (Å²) in [6.07, 6.45) is 5.04. The molecule has 1 atom stereocenters. The van der Waals surface area contributed by atoms with E-state index in [0.717, 1.165) is 25.2 Å². The van der Waals surface area contributed by atoms with Crippen LogP contribution in [-0.4, -0.2) is 17.5 Å². The van der Waals surface area contributed by atoms with Crippen LogP contribution in [0.25, 0.3) is 0 Å². The largest absolute Gasteiger partial charge is 0.478 e. The first-order valence-corrected chi connectivity index (χ1v) is 4.90. The number of nitrogens with zero attached hydrogens (tertiary/aromatic N) is 1. The minimum Gasteiger partial charge on any atom is -0.478 e. The molecule has 0 fully saturated rings. The highest BCUT2D eigenvalue weighted by Gasteiger charge is 2.27. The summed E-state index contributed by atoms with van der Waals surface area (Å²) in [6.45, 7) is 10.1. The molecule has 0 aromatic heterocycles. The van der Waals surface area contributed by atoms with Gasteiger partial charge in [-0.3, -0.25) is 0 Å². The van der Waals surface area contributed by atoms with E-state index in [-0.39, 0.29) is 5.54 Å². The maximum atomic E-state index is 5.63. The van der Waals surface area contributed by atoms with Gasteiger partial charge in [-0.2, -0.15) is 0 Å². The van der Waals surface area contributed by atoms with Gasteiger partial charge in [-0.25, -0.2) is 4.99 Å². The summed E-state index contributed by atoms with van der Waals surface area (Å²) in [6, 6.07) is 0. The molecule has 0 spiro atoms. The van der Waals surface area contributed by atoms with E-state index in [0.29, 0.717) is 6.10 Å². The second kappa shape index (κ2) is 3.95. The summed E-state index contributed by atoms with van der Waals surface area (Å²) in [5.41, 5.74) is 0.0498. The molecule has 1 aliphatic heterocycles. The molecule has 74 valence electrons. The third-order valence-corrected chi connectivity index (χ3v) is 2.11. The Bertz CT molecular complexity index is 218. The lowest BCUT2D eigenvalue weighted by atomic mass is 9.97. The molecular weight excluding hydrogens is 162 g/mol. The Kier molecular flexibility index (Phi) is 3.12. The van der Waals surface area contributed by atoms with Crippen molar-refractivity contribution in [2.45, 2.75) is 51.7 Å². The predicted octanol–water partition coefficient (Wildman–Crippen LogP) is 2.94. The van der Waals surface area contributed by atoms with Gasteiger partial charge in [0, 0.05) is 12.8 Å². The first-order valence-electron chi connectivity index (χ1n) is 4.90. The van der Waals surface area contributed by atoms with Crippen LogP contribution in [0.2, 0.25) is 0 Å². The standard InChI is InChI=1S/C11H19NO/c1-5-6-7-10-12-11(3,4)8-9(2)13-10/h5,9H,1,6-8H2,2-4H3. The van der Waals surface area contributed by atoms with Crippen molar-refractivity contribution in [1.29, 1.82) is 0 Å². The van der Waals surface area contributed by atoms with Crippen LogP contribution in [0.15, 0.2) is 17.6 Å². The summed E-state index contributed by atoms with van der Waals surface area (Å²) < 4.78 is 5.63. The Hall–Kier alpha value is -0.790. The minimum atomic E-state index is 0.0498. The lowest BCUT2D eigenvalue weighted by Gasteiger charge is -2.31. The van der Waals surface area contributed by atoms with Crippen LogP contribution in [0, 0.1) is 0 Å². The van der Waals surface area contributed by atoms with E-state index in [1.165, 1.54) is 0 Å². The third kappa shape index (κ3) is 3.21. The number of aliphatic imine (C=N–C) groups is 1. The zero-order valence-corrected chi connectivity index (χ0v) is 8.84. The lowest BCUT2D eigenvalue weighted by Crippen LogP contribution is -2.33. The minimum absolute atomic E-state index is 0.0498. The van der Waals surface area contributed by atoms with Gasteiger partial charge in [0.15, 0.2) is 5.90 Å². The summed E-state index contributed by atoms with van der Waals surface area (Å²) in [5, 5.41) is 0. The number of rotatable bonds is 3. The maximum absolute atomic E-state index is 5.63. The zero-order chi connectivity index (χ0) is 9.90. The fraction of sp³-hybridized carbons (Fsp3) is 0.727. The highest BCUT2D eigenvalue weighted by atomic mass is 16.5. The molecule has 1 aliphatic rings. The third-order valence-electron chi connectivity index (χ3n) is 2.11. The average molecular weight is 181 g/mol. The fourth-order valence-electron chi connectivity index (χ4n) is 1.73. The molecule has 0 aromatic carbocycles. The summed E-state index contributed by atoms with van der Waals surface area (Å²) >= 11 is 0. The van der Waals surface area contributed by atoms with Gasteiger partial charge in [-0.1, -0.05) is 6.08 Å². The van der Waals surface area contributed by atoms with Crippen LogP contribution in [0.5, 0.6) is 0 Å². The van der Waals surface area contributed by atoms with E-state index >= 15 is 0 Å². The first kappa shape index (κ1) is 10.3. The number of hydrogen-bond acceptors (Lipinski definition) is 2. The first-order chi connectivity index (χ1) is 6.03. The van der Waals surface area contributed by atoms with Gasteiger partial charge in [0.2, 0.25) is 0 Å². The van der Waals surface area contributed by atoms with Gasteiger partial charge in [-0.15, -0.1) is 6.58 Å². The number of hydrogen-bond donors (Lipinski definition) is 0. The smallest absolute Gasteiger partial charge is 0.184 e. The molecular formula is C11H19NO. The van der Waals surface area contributed by atoms with Gasteiger partial charge in [0.05, 0.1) is 11.6 Å². The van der Waals surface area contributed by atoms with E-state index in [9.17, 15) is 0 Å². The lowest BCUT2D eigenvalue weighted by molar-refractivity contribution is 0.139. The molecule has 0 N–H and O–H groups in total. The van der Waals surface area contributed by atoms with Crippen LogP contribution in [-0.2, 0) is 4.74 Å². The quantitative estimate of drug-likeness (QED) is 0.613. The molecule has 0 bridgehead atoms. The summed E-state index contributed by atoms with van der Waals surface area (Å²) in [5.74, 6) is 0.892. The number of ether oxygens (including phenoxy) is 1. The van der Waals surface area contributed by atoms with E-state index in [2.05, 4.69) is 32.3 Å². The SMILES string of the molecule is C=CCCC1=NC(C)(C)CC(C)O1. The Labute approximate surface area is 80.7 Å². The molecule has 13 heavy (non-hydrogen) atoms. The van der Waals surface area contributed by atoms with E-state index in [1.54, 1.807) is 0 Å². The molecule has 0 saturated heterocycles. The fourth-order valence-corrected chi connectivity index (χ4v) is 1.73. The van der Waals surface area contributed by atoms with Gasteiger partial charge < -0.3 is 4.74 Å². The topological polar surface area (TPSA) is 21.6 Å². The van der Waals surface area contributed by atoms with Gasteiger partial charge in [0.1, 0.15) is 0 Å². The molecule has 0 radical (unpaired) electrons. The monoisotopic (exact) mass is 181 g/mol. The van der Waals surface area contributed by atoms with Crippen LogP contribution in [0.3, 0.4) is 0 Å². The van der Waals surface area contributed by atoms with Crippen LogP contribution in [0.4, 0.5) is 0 Å². The molecule has 1 heterocycles. The molecule has 1 rings (SSSR count). The van der Waals surface area contributed by atoms with Crippen molar-refractivity contribution in [3.8, 4) is 0 Å². The summed E-state index contributed by atoms with van der Waals surface area (Å²) in [7, 11) is 0. The van der Waals surface area contributed by atoms with Gasteiger partial charge in [0.25, 0.3) is 0 Å². The zero-order valence-electron chi connectivity index (χ0n) is 8.84. The Morgan fingerprint density at radius 2 is 2.38 bits per heavy atom. The van der Waals surface area contributed by atoms with Crippen LogP contribution < -0.4 is 0 Å². The summed E-state index contributed by atoms with van der Waals surface area (Å²) in [4.78, 5) is 4.55. The van der Waals surface area contributed by atoms with E-state index in [4.69, 9.17) is 4.74 Å². The molecule has 0 aliphatic carbocycles. The molecule has 0 amide bonds. The molecule has 0 saturated carbocycles. The second-order valence-corrected chi connectivity index (χ2v) is 4.28. The normalized spacial score (nSPS) is 26.1. The van der Waals surface area contributed by atoms with Crippen molar-refractivity contribution >= 4 is 5.90 Å². The number of allylic oxidation sites excluding steroid dienone is 1. The van der Waals surface area contributed by atoms with E-state index < -0.39 is 0 Å². The molecule has 0 aromatic rings. The van der Waals surface area contributed by atoms with Crippen LogP contribution >= 0.6 is 0 Å². The second-order valence-electron chi connectivity index (χ2n) is 4.28. The Balaban J connectivity index is 2.61. The highest BCUT2D eigenvalue weighted by Crippen LogP contribution is 2.24. The molecule has 2 nitrogen and oxygen atoms in total. The van der Waals surface area contributed by atoms with Crippen molar-refractivity contribution in [3.05, 3.63) is 12.7 Å². The Morgan fingerprint density at radius 1 is 1.69 bits per heavy atom. The molecule has 2 heteroatoms.